The molecule has 0 fully saturated rings. The van der Waals surface area contributed by atoms with E-state index in [9.17, 15) is 14.0 Å². The van der Waals surface area contributed by atoms with Gasteiger partial charge >= 0.3 is 0 Å². The van der Waals surface area contributed by atoms with Crippen molar-refractivity contribution in [3.05, 3.63) is 71.0 Å². The molecule has 24 heavy (non-hydrogen) atoms. The molecule has 0 spiro atoms. The molecule has 2 aromatic rings. The SMILES string of the molecule is CC(=O)N[C@@H](CC(=O)NCc1ccccc1F)c1ccc(C)cc1. The van der Waals surface area contributed by atoms with Crippen LogP contribution < -0.4 is 10.6 Å². The van der Waals surface area contributed by atoms with Gasteiger partial charge in [-0.05, 0) is 18.6 Å². The quantitative estimate of drug-likeness (QED) is 0.856. The molecule has 0 saturated carbocycles. The molecule has 2 rings (SSSR count). The van der Waals surface area contributed by atoms with Crippen molar-refractivity contribution in [2.24, 2.45) is 0 Å². The van der Waals surface area contributed by atoms with Crippen molar-refractivity contribution in [2.75, 3.05) is 0 Å². The third-order valence-corrected chi connectivity index (χ3v) is 3.68. The lowest BCUT2D eigenvalue weighted by molar-refractivity contribution is -0.122. The summed E-state index contributed by atoms with van der Waals surface area (Å²) >= 11 is 0. The van der Waals surface area contributed by atoms with E-state index in [1.54, 1.807) is 18.2 Å². The summed E-state index contributed by atoms with van der Waals surface area (Å²) in [6.07, 6.45) is 0.0943. The summed E-state index contributed by atoms with van der Waals surface area (Å²) in [6.45, 7) is 3.50. The molecule has 0 saturated heterocycles. The summed E-state index contributed by atoms with van der Waals surface area (Å²) < 4.78 is 13.6. The zero-order chi connectivity index (χ0) is 17.5. The van der Waals surface area contributed by atoms with E-state index in [1.807, 2.05) is 31.2 Å². The van der Waals surface area contributed by atoms with Gasteiger partial charge in [-0.3, -0.25) is 9.59 Å². The Bertz CT molecular complexity index is 714. The molecular formula is C19H21FN2O2. The normalized spacial score (nSPS) is 11.6. The Morgan fingerprint density at radius 1 is 1.08 bits per heavy atom. The van der Waals surface area contributed by atoms with Crippen LogP contribution in [0, 0.1) is 12.7 Å². The maximum atomic E-state index is 13.6. The fourth-order valence-electron chi connectivity index (χ4n) is 2.39. The van der Waals surface area contributed by atoms with Crippen LogP contribution in [-0.4, -0.2) is 11.8 Å². The van der Waals surface area contributed by atoms with Crippen molar-refractivity contribution in [3.8, 4) is 0 Å². The Morgan fingerprint density at radius 3 is 2.38 bits per heavy atom. The highest BCUT2D eigenvalue weighted by atomic mass is 19.1. The van der Waals surface area contributed by atoms with Gasteiger partial charge in [-0.15, -0.1) is 0 Å². The molecule has 126 valence electrons. The van der Waals surface area contributed by atoms with Crippen molar-refractivity contribution in [1.29, 1.82) is 0 Å². The molecule has 5 heteroatoms. The predicted octanol–water partition coefficient (Wildman–Crippen LogP) is 3.02. The summed E-state index contributed by atoms with van der Waals surface area (Å²) in [5, 5.41) is 5.48. The Hall–Kier alpha value is -2.69. The van der Waals surface area contributed by atoms with Crippen molar-refractivity contribution in [1.82, 2.24) is 10.6 Å². The highest BCUT2D eigenvalue weighted by Gasteiger charge is 2.17. The van der Waals surface area contributed by atoms with Crippen LogP contribution in [0.25, 0.3) is 0 Å². The van der Waals surface area contributed by atoms with Gasteiger partial charge in [0.2, 0.25) is 11.8 Å². The van der Waals surface area contributed by atoms with Crippen LogP contribution in [0.3, 0.4) is 0 Å². The second-order valence-electron chi connectivity index (χ2n) is 5.74. The molecule has 2 aromatic carbocycles. The molecule has 0 bridgehead atoms. The molecule has 1 atom stereocenters. The first kappa shape index (κ1) is 17.7. The van der Waals surface area contributed by atoms with Crippen molar-refractivity contribution in [3.63, 3.8) is 0 Å². The molecule has 4 nitrogen and oxygen atoms in total. The van der Waals surface area contributed by atoms with E-state index in [0.717, 1.165) is 11.1 Å². The fourth-order valence-corrected chi connectivity index (χ4v) is 2.39. The van der Waals surface area contributed by atoms with Gasteiger partial charge in [0.1, 0.15) is 5.82 Å². The summed E-state index contributed by atoms with van der Waals surface area (Å²) in [4.78, 5) is 23.6. The third-order valence-electron chi connectivity index (χ3n) is 3.68. The largest absolute Gasteiger partial charge is 0.352 e. The number of carbonyl (C=O) groups is 2. The van der Waals surface area contributed by atoms with Crippen LogP contribution in [-0.2, 0) is 16.1 Å². The number of hydrogen-bond donors (Lipinski definition) is 2. The molecule has 2 N–H and O–H groups in total. The van der Waals surface area contributed by atoms with Crippen LogP contribution in [0.1, 0.15) is 36.1 Å². The second-order valence-corrected chi connectivity index (χ2v) is 5.74. The van der Waals surface area contributed by atoms with Gasteiger partial charge in [-0.1, -0.05) is 48.0 Å². The van der Waals surface area contributed by atoms with E-state index >= 15 is 0 Å². The Labute approximate surface area is 141 Å². The van der Waals surface area contributed by atoms with Gasteiger partial charge in [0.05, 0.1) is 12.5 Å². The first-order valence-electron chi connectivity index (χ1n) is 7.79. The number of rotatable bonds is 6. The van der Waals surface area contributed by atoms with Gasteiger partial charge in [0.15, 0.2) is 0 Å². The fraction of sp³-hybridized carbons (Fsp3) is 0.263. The highest BCUT2D eigenvalue weighted by Crippen LogP contribution is 2.18. The van der Waals surface area contributed by atoms with Gasteiger partial charge < -0.3 is 10.6 Å². The van der Waals surface area contributed by atoms with Gasteiger partial charge in [-0.25, -0.2) is 4.39 Å². The van der Waals surface area contributed by atoms with Crippen molar-refractivity contribution >= 4 is 11.8 Å². The predicted molar refractivity (Wildman–Crippen MR) is 90.6 cm³/mol. The first-order valence-corrected chi connectivity index (χ1v) is 7.79. The smallest absolute Gasteiger partial charge is 0.222 e. The number of nitrogens with one attached hydrogen (secondary N) is 2. The minimum atomic E-state index is -0.413. The second kappa shape index (κ2) is 8.24. The molecule has 0 heterocycles. The van der Waals surface area contributed by atoms with E-state index in [0.29, 0.717) is 5.56 Å². The standard InChI is InChI=1S/C19H21FN2O2/c1-13-7-9-15(10-8-13)18(22-14(2)23)11-19(24)21-12-16-5-3-4-6-17(16)20/h3-10,18H,11-12H2,1-2H3,(H,21,24)(H,22,23)/t18-/m0/s1. The van der Waals surface area contributed by atoms with E-state index < -0.39 is 6.04 Å². The first-order chi connectivity index (χ1) is 11.5. The molecule has 0 aliphatic carbocycles. The van der Waals surface area contributed by atoms with Crippen molar-refractivity contribution in [2.45, 2.75) is 32.9 Å². The number of amides is 2. The molecule has 2 amide bonds. The number of aryl methyl sites for hydroxylation is 1. The number of hydrogen-bond acceptors (Lipinski definition) is 2. The number of benzene rings is 2. The number of carbonyl (C=O) groups excluding carboxylic acids is 2. The van der Waals surface area contributed by atoms with E-state index in [1.165, 1.54) is 13.0 Å². The summed E-state index contributed by atoms with van der Waals surface area (Å²) in [7, 11) is 0. The molecule has 0 unspecified atom stereocenters. The monoisotopic (exact) mass is 328 g/mol. The van der Waals surface area contributed by atoms with Gasteiger partial charge in [0, 0.05) is 19.0 Å². The van der Waals surface area contributed by atoms with Crippen molar-refractivity contribution < 1.29 is 14.0 Å². The summed E-state index contributed by atoms with van der Waals surface area (Å²) in [6, 6.07) is 13.5. The van der Waals surface area contributed by atoms with Crippen LogP contribution in [0.5, 0.6) is 0 Å². The molecule has 0 aliphatic rings. The van der Waals surface area contributed by atoms with Crippen LogP contribution in [0.2, 0.25) is 0 Å². The topological polar surface area (TPSA) is 58.2 Å². The van der Waals surface area contributed by atoms with E-state index in [2.05, 4.69) is 10.6 Å². The summed E-state index contributed by atoms with van der Waals surface area (Å²) in [5.74, 6) is -0.810. The lowest BCUT2D eigenvalue weighted by Crippen LogP contribution is -2.32. The third kappa shape index (κ3) is 5.19. The van der Waals surface area contributed by atoms with Gasteiger partial charge in [-0.2, -0.15) is 0 Å². The average molecular weight is 328 g/mol. The Kier molecular flexibility index (Phi) is 6.07. The highest BCUT2D eigenvalue weighted by molar-refractivity contribution is 5.79. The zero-order valence-electron chi connectivity index (χ0n) is 13.8. The number of halogens is 1. The molecule has 0 aliphatic heterocycles. The Balaban J connectivity index is 2.00. The molecular weight excluding hydrogens is 307 g/mol. The van der Waals surface area contributed by atoms with E-state index in [-0.39, 0.29) is 30.6 Å². The lowest BCUT2D eigenvalue weighted by atomic mass is 10.0. The molecule has 0 aromatic heterocycles. The minimum Gasteiger partial charge on any atom is -0.352 e. The average Bonchev–Trinajstić information content (AvgIpc) is 2.54. The van der Waals surface area contributed by atoms with Gasteiger partial charge in [0.25, 0.3) is 0 Å². The minimum absolute atomic E-state index is 0.0943. The molecule has 0 radical (unpaired) electrons. The Morgan fingerprint density at radius 2 is 1.75 bits per heavy atom. The summed E-state index contributed by atoms with van der Waals surface area (Å²) in [5.41, 5.74) is 2.39. The maximum Gasteiger partial charge on any atom is 0.222 e. The lowest BCUT2D eigenvalue weighted by Gasteiger charge is -2.18. The zero-order valence-corrected chi connectivity index (χ0v) is 13.8. The van der Waals surface area contributed by atoms with Crippen LogP contribution in [0.4, 0.5) is 4.39 Å². The maximum absolute atomic E-state index is 13.6. The van der Waals surface area contributed by atoms with E-state index in [4.69, 9.17) is 0 Å². The van der Waals surface area contributed by atoms with Crippen LogP contribution in [0.15, 0.2) is 48.5 Å². The van der Waals surface area contributed by atoms with Crippen LogP contribution >= 0.6 is 0 Å².